The van der Waals surface area contributed by atoms with Gasteiger partial charge in [0, 0.05) is 36.5 Å². The molecule has 1 aromatic carbocycles. The van der Waals surface area contributed by atoms with Crippen molar-refractivity contribution in [3.63, 3.8) is 0 Å². The molecule has 8 heteroatoms. The summed E-state index contributed by atoms with van der Waals surface area (Å²) in [7, 11) is 0. The summed E-state index contributed by atoms with van der Waals surface area (Å²) < 4.78 is 0. The van der Waals surface area contributed by atoms with Crippen LogP contribution in [0.2, 0.25) is 0 Å². The highest BCUT2D eigenvalue weighted by atomic mass is 32.2. The summed E-state index contributed by atoms with van der Waals surface area (Å²) in [6.45, 7) is 2.31. The third-order valence-electron chi connectivity index (χ3n) is 3.08. The number of anilines is 1. The fourth-order valence-electron chi connectivity index (χ4n) is 1.99. The van der Waals surface area contributed by atoms with Crippen molar-refractivity contribution in [1.82, 2.24) is 5.32 Å². The van der Waals surface area contributed by atoms with Crippen LogP contribution in [-0.2, 0) is 9.59 Å². The summed E-state index contributed by atoms with van der Waals surface area (Å²) >= 11 is 1.46. The number of amides is 2. The highest BCUT2D eigenvalue weighted by molar-refractivity contribution is 8.00. The number of nitro benzene ring substituents is 1. The van der Waals surface area contributed by atoms with E-state index in [0.29, 0.717) is 17.8 Å². The fraction of sp³-hybridized carbons (Fsp3) is 0.385. The molecule has 0 radical (unpaired) electrons. The van der Waals surface area contributed by atoms with Crippen molar-refractivity contribution in [2.75, 3.05) is 17.6 Å². The maximum atomic E-state index is 12.0. The number of carbonyl (C=O) groups excluding carboxylic acids is 2. The molecule has 1 atom stereocenters. The smallest absolute Gasteiger partial charge is 0.269 e. The van der Waals surface area contributed by atoms with Crippen molar-refractivity contribution in [1.29, 1.82) is 0 Å². The zero-order valence-corrected chi connectivity index (χ0v) is 12.2. The number of non-ortho nitro benzene ring substituents is 1. The topological polar surface area (TPSA) is 101 Å². The first-order valence-corrected chi connectivity index (χ1v) is 7.46. The predicted octanol–water partition coefficient (Wildman–Crippen LogP) is 1.46. The minimum absolute atomic E-state index is 0.0206. The molecule has 2 rings (SSSR count). The number of nitrogens with one attached hydrogen (secondary N) is 2. The molecule has 21 heavy (non-hydrogen) atoms. The Labute approximate surface area is 125 Å². The van der Waals surface area contributed by atoms with E-state index in [1.807, 2.05) is 0 Å². The second-order valence-electron chi connectivity index (χ2n) is 4.66. The second kappa shape index (κ2) is 6.57. The van der Waals surface area contributed by atoms with Crippen LogP contribution < -0.4 is 10.6 Å². The van der Waals surface area contributed by atoms with Crippen molar-refractivity contribution >= 4 is 35.0 Å². The molecule has 1 aliphatic rings. The number of nitrogens with zero attached hydrogens (tertiary/aromatic N) is 1. The molecule has 0 aromatic heterocycles. The molecule has 1 saturated heterocycles. The largest absolute Gasteiger partial charge is 0.354 e. The monoisotopic (exact) mass is 309 g/mol. The third kappa shape index (κ3) is 3.94. The van der Waals surface area contributed by atoms with Crippen molar-refractivity contribution in [2.24, 2.45) is 0 Å². The lowest BCUT2D eigenvalue weighted by Gasteiger charge is -2.21. The minimum atomic E-state index is -0.485. The lowest BCUT2D eigenvalue weighted by Crippen LogP contribution is -2.40. The van der Waals surface area contributed by atoms with Gasteiger partial charge in [0.2, 0.25) is 11.8 Å². The molecule has 0 aliphatic carbocycles. The van der Waals surface area contributed by atoms with Gasteiger partial charge in [-0.2, -0.15) is 0 Å². The van der Waals surface area contributed by atoms with E-state index < -0.39 is 4.92 Å². The molecular weight excluding hydrogens is 294 g/mol. The van der Waals surface area contributed by atoms with Gasteiger partial charge in [0.25, 0.3) is 5.69 Å². The zero-order chi connectivity index (χ0) is 15.4. The number of aryl methyl sites for hydroxylation is 1. The zero-order valence-electron chi connectivity index (χ0n) is 11.4. The lowest BCUT2D eigenvalue weighted by atomic mass is 10.1. The number of benzene rings is 1. The standard InChI is InChI=1S/C13H15N3O4S/c1-8-6-9(16(19)20)2-3-10(8)15-12(17)7-11-13(18)14-4-5-21-11/h2-3,6,11H,4-5,7H2,1H3,(H,14,18)(H,15,17)/t11-/m1/s1. The molecule has 112 valence electrons. The molecule has 7 nitrogen and oxygen atoms in total. The van der Waals surface area contributed by atoms with E-state index in [-0.39, 0.29) is 29.2 Å². The van der Waals surface area contributed by atoms with Gasteiger partial charge in [0.1, 0.15) is 0 Å². The summed E-state index contributed by atoms with van der Waals surface area (Å²) in [5.74, 6) is 0.392. The van der Waals surface area contributed by atoms with Gasteiger partial charge in [-0.05, 0) is 18.6 Å². The SMILES string of the molecule is Cc1cc([N+](=O)[O-])ccc1NC(=O)C[C@H]1SCCNC1=O. The Balaban J connectivity index is 1.99. The average molecular weight is 309 g/mol. The molecule has 0 spiro atoms. The van der Waals surface area contributed by atoms with Crippen LogP contribution in [0, 0.1) is 17.0 Å². The van der Waals surface area contributed by atoms with Gasteiger partial charge in [-0.1, -0.05) is 0 Å². The molecule has 0 saturated carbocycles. The molecule has 1 heterocycles. The van der Waals surface area contributed by atoms with Crippen LogP contribution in [0.15, 0.2) is 18.2 Å². The Hall–Kier alpha value is -2.09. The summed E-state index contributed by atoms with van der Waals surface area (Å²) in [6.07, 6.45) is 0.0902. The summed E-state index contributed by atoms with van der Waals surface area (Å²) in [6, 6.07) is 4.24. The van der Waals surface area contributed by atoms with Crippen molar-refractivity contribution in [2.45, 2.75) is 18.6 Å². The van der Waals surface area contributed by atoms with E-state index in [1.165, 1.54) is 30.0 Å². The number of hydrogen-bond donors (Lipinski definition) is 2. The molecular formula is C13H15N3O4S. The normalized spacial score (nSPS) is 18.0. The molecule has 1 aliphatic heterocycles. The van der Waals surface area contributed by atoms with Gasteiger partial charge in [-0.15, -0.1) is 11.8 Å². The third-order valence-corrected chi connectivity index (χ3v) is 4.30. The summed E-state index contributed by atoms with van der Waals surface area (Å²) in [5.41, 5.74) is 1.11. The van der Waals surface area contributed by atoms with Crippen molar-refractivity contribution < 1.29 is 14.5 Å². The number of carbonyl (C=O) groups is 2. The summed E-state index contributed by atoms with van der Waals surface area (Å²) in [5, 5.41) is 15.7. The highest BCUT2D eigenvalue weighted by Crippen LogP contribution is 2.23. The Kier molecular flexibility index (Phi) is 4.79. The quantitative estimate of drug-likeness (QED) is 0.647. The predicted molar refractivity (Wildman–Crippen MR) is 80.3 cm³/mol. The molecule has 1 aromatic rings. The van der Waals surface area contributed by atoms with Crippen LogP contribution in [0.4, 0.5) is 11.4 Å². The fourth-order valence-corrected chi connectivity index (χ4v) is 3.00. The number of nitro groups is 1. The molecule has 1 fully saturated rings. The first-order valence-electron chi connectivity index (χ1n) is 6.41. The molecule has 2 N–H and O–H groups in total. The average Bonchev–Trinajstić information content (AvgIpc) is 2.43. The summed E-state index contributed by atoms with van der Waals surface area (Å²) in [4.78, 5) is 33.7. The Morgan fingerprint density at radius 1 is 1.57 bits per heavy atom. The van der Waals surface area contributed by atoms with Crippen molar-refractivity contribution in [3.8, 4) is 0 Å². The van der Waals surface area contributed by atoms with Crippen molar-refractivity contribution in [3.05, 3.63) is 33.9 Å². The van der Waals surface area contributed by atoms with E-state index in [1.54, 1.807) is 6.92 Å². The molecule has 0 unspecified atom stereocenters. The maximum absolute atomic E-state index is 12.0. The van der Waals surface area contributed by atoms with Crippen LogP contribution >= 0.6 is 11.8 Å². The minimum Gasteiger partial charge on any atom is -0.354 e. The van der Waals surface area contributed by atoms with Gasteiger partial charge < -0.3 is 10.6 Å². The van der Waals surface area contributed by atoms with Gasteiger partial charge in [-0.25, -0.2) is 0 Å². The first-order chi connectivity index (χ1) is 9.97. The number of hydrogen-bond acceptors (Lipinski definition) is 5. The van der Waals surface area contributed by atoms with Crippen LogP contribution in [0.1, 0.15) is 12.0 Å². The Morgan fingerprint density at radius 2 is 2.33 bits per heavy atom. The second-order valence-corrected chi connectivity index (χ2v) is 5.97. The van der Waals surface area contributed by atoms with E-state index in [9.17, 15) is 19.7 Å². The Morgan fingerprint density at radius 3 is 2.95 bits per heavy atom. The van der Waals surface area contributed by atoms with Gasteiger partial charge in [-0.3, -0.25) is 19.7 Å². The van der Waals surface area contributed by atoms with Gasteiger partial charge in [0.15, 0.2) is 0 Å². The van der Waals surface area contributed by atoms with E-state index in [0.717, 1.165) is 5.75 Å². The maximum Gasteiger partial charge on any atom is 0.269 e. The van der Waals surface area contributed by atoms with E-state index in [4.69, 9.17) is 0 Å². The van der Waals surface area contributed by atoms with Crippen LogP contribution in [0.3, 0.4) is 0 Å². The van der Waals surface area contributed by atoms with Crippen LogP contribution in [-0.4, -0.2) is 34.3 Å². The molecule has 0 bridgehead atoms. The first kappa shape index (κ1) is 15.3. The lowest BCUT2D eigenvalue weighted by molar-refractivity contribution is -0.384. The number of rotatable bonds is 4. The Bertz CT molecular complexity index is 591. The van der Waals surface area contributed by atoms with Crippen LogP contribution in [0.5, 0.6) is 0 Å². The number of thioether (sulfide) groups is 1. The van der Waals surface area contributed by atoms with Gasteiger partial charge >= 0.3 is 0 Å². The van der Waals surface area contributed by atoms with Gasteiger partial charge in [0.05, 0.1) is 10.2 Å². The highest BCUT2D eigenvalue weighted by Gasteiger charge is 2.25. The van der Waals surface area contributed by atoms with Crippen LogP contribution in [0.25, 0.3) is 0 Å². The van der Waals surface area contributed by atoms with E-state index >= 15 is 0 Å². The van der Waals surface area contributed by atoms with E-state index in [2.05, 4.69) is 10.6 Å². The molecule has 2 amide bonds.